The predicted molar refractivity (Wildman–Crippen MR) is 235 cm³/mol. The first-order valence-corrected chi connectivity index (χ1v) is 21.0. The Morgan fingerprint density at radius 3 is 1.92 bits per heavy atom. The van der Waals surface area contributed by atoms with Crippen molar-refractivity contribution in [2.24, 2.45) is 20.6 Å². The van der Waals surface area contributed by atoms with Crippen LogP contribution in [0, 0.1) is 0 Å². The quantitative estimate of drug-likeness (QED) is 0.0351. The molecule has 0 amide bonds. The molecule has 2 aliphatic carbocycles. The molecule has 316 valence electrons. The van der Waals surface area contributed by atoms with Gasteiger partial charge in [0.1, 0.15) is 50.8 Å². The van der Waals surface area contributed by atoms with E-state index in [9.17, 15) is 0 Å². The van der Waals surface area contributed by atoms with Crippen molar-refractivity contribution in [2.45, 2.75) is 110 Å². The Balaban J connectivity index is 1.10. The van der Waals surface area contributed by atoms with E-state index in [1.54, 1.807) is 27.4 Å². The Hall–Kier alpha value is -5.82. The molecule has 0 fully saturated rings. The van der Waals surface area contributed by atoms with Crippen molar-refractivity contribution < 1.29 is 24.1 Å². The Bertz CT molecular complexity index is 2200. The van der Waals surface area contributed by atoms with Crippen LogP contribution in [0.25, 0.3) is 0 Å². The number of aryl methyl sites for hydroxylation is 4. The second kappa shape index (κ2) is 22.5. The molecule has 0 aromatic carbocycles. The van der Waals surface area contributed by atoms with Crippen LogP contribution in [-0.4, -0.2) is 76.8 Å². The lowest BCUT2D eigenvalue weighted by Gasteiger charge is -2.21. The van der Waals surface area contributed by atoms with Gasteiger partial charge >= 0.3 is 0 Å². The molecule has 60 heavy (non-hydrogen) atoms. The maximum atomic E-state index is 6.29. The summed E-state index contributed by atoms with van der Waals surface area (Å²) in [5.74, 6) is 0. The average Bonchev–Trinajstić information content (AvgIpc) is 3.26. The highest BCUT2D eigenvalue weighted by Crippen LogP contribution is 2.25. The number of pyridine rings is 4. The number of unbranched alkanes of at least 4 members (excludes halogenated alkanes) is 2. The Labute approximate surface area is 354 Å². The van der Waals surface area contributed by atoms with E-state index >= 15 is 0 Å². The highest BCUT2D eigenvalue weighted by molar-refractivity contribution is 6.01. The largest absolute Gasteiger partial charge is 0.399 e. The minimum Gasteiger partial charge on any atom is -0.399 e. The molecule has 4 aromatic heterocycles. The number of ether oxygens (including phenoxy) is 1. The summed E-state index contributed by atoms with van der Waals surface area (Å²) >= 11 is 0. The van der Waals surface area contributed by atoms with Crippen LogP contribution in [0.15, 0.2) is 87.9 Å². The molecule has 0 radical (unpaired) electrons. The molecular formula is C47H58N8O5. The SMILES string of the molecule is C=CCOC(Cc1ccc2c(n1)C(=NOC)CCC2)Cc1ccc2c(n1)C(=NOCc1cc(CCCCCc3cccc(C(C)=NOC)n3)nc(C(C)=NOC)c1)CCC2. The molecule has 0 saturated heterocycles. The lowest BCUT2D eigenvalue weighted by atomic mass is 9.93. The van der Waals surface area contributed by atoms with Crippen LogP contribution in [0.5, 0.6) is 0 Å². The molecule has 0 saturated carbocycles. The number of hydrogen-bond donors (Lipinski definition) is 0. The van der Waals surface area contributed by atoms with Gasteiger partial charge in [-0.3, -0.25) is 19.9 Å². The van der Waals surface area contributed by atoms with Crippen LogP contribution >= 0.6 is 0 Å². The molecule has 0 spiro atoms. The van der Waals surface area contributed by atoms with Crippen LogP contribution in [0.2, 0.25) is 0 Å². The first-order valence-electron chi connectivity index (χ1n) is 21.0. The summed E-state index contributed by atoms with van der Waals surface area (Å²) in [7, 11) is 4.67. The molecule has 0 N–H and O–H groups in total. The molecule has 4 aromatic rings. The van der Waals surface area contributed by atoms with Crippen molar-refractivity contribution in [1.82, 2.24) is 19.9 Å². The van der Waals surface area contributed by atoms with E-state index in [1.165, 1.54) is 11.1 Å². The van der Waals surface area contributed by atoms with Crippen molar-refractivity contribution >= 4 is 22.8 Å². The molecule has 2 aliphatic rings. The molecule has 6 rings (SSSR count). The van der Waals surface area contributed by atoms with Gasteiger partial charge in [0, 0.05) is 35.6 Å². The van der Waals surface area contributed by atoms with Gasteiger partial charge in [-0.1, -0.05) is 51.3 Å². The molecule has 4 heterocycles. The fraction of sp³-hybridized carbons (Fsp3) is 0.447. The minimum atomic E-state index is -0.147. The van der Waals surface area contributed by atoms with Gasteiger partial charge in [-0.15, -0.1) is 6.58 Å². The molecule has 13 nitrogen and oxygen atoms in total. The molecular weight excluding hydrogens is 757 g/mol. The summed E-state index contributed by atoms with van der Waals surface area (Å²) < 4.78 is 6.29. The zero-order valence-corrected chi connectivity index (χ0v) is 35.8. The normalized spacial score (nSPS) is 15.9. The van der Waals surface area contributed by atoms with Crippen LogP contribution in [0.4, 0.5) is 0 Å². The van der Waals surface area contributed by atoms with E-state index in [4.69, 9.17) is 44.0 Å². The Morgan fingerprint density at radius 1 is 0.667 bits per heavy atom. The third-order valence-electron chi connectivity index (χ3n) is 10.6. The monoisotopic (exact) mass is 814 g/mol. The zero-order valence-electron chi connectivity index (χ0n) is 35.8. The first kappa shape index (κ1) is 43.8. The van der Waals surface area contributed by atoms with Gasteiger partial charge in [-0.05, 0) is 131 Å². The Morgan fingerprint density at radius 2 is 1.28 bits per heavy atom. The van der Waals surface area contributed by atoms with E-state index < -0.39 is 0 Å². The van der Waals surface area contributed by atoms with E-state index in [0.29, 0.717) is 25.2 Å². The molecule has 1 atom stereocenters. The van der Waals surface area contributed by atoms with Crippen molar-refractivity contribution in [3.8, 4) is 0 Å². The van der Waals surface area contributed by atoms with Gasteiger partial charge in [0.15, 0.2) is 0 Å². The van der Waals surface area contributed by atoms with Gasteiger partial charge in [-0.2, -0.15) is 0 Å². The molecule has 1 unspecified atom stereocenters. The summed E-state index contributed by atoms with van der Waals surface area (Å²) in [5.41, 5.74) is 13.9. The fourth-order valence-electron chi connectivity index (χ4n) is 7.67. The molecule has 0 aliphatic heterocycles. The fourth-order valence-corrected chi connectivity index (χ4v) is 7.67. The van der Waals surface area contributed by atoms with Gasteiger partial charge in [0.25, 0.3) is 0 Å². The van der Waals surface area contributed by atoms with Crippen LogP contribution < -0.4 is 0 Å². The summed E-state index contributed by atoms with van der Waals surface area (Å²) in [6, 6.07) is 18.7. The second-order valence-electron chi connectivity index (χ2n) is 15.2. The zero-order chi connectivity index (χ0) is 42.1. The van der Waals surface area contributed by atoms with E-state index in [2.05, 4.69) is 63.6 Å². The van der Waals surface area contributed by atoms with Crippen LogP contribution in [0.1, 0.15) is 121 Å². The summed E-state index contributed by atoms with van der Waals surface area (Å²) in [5, 5.41) is 17.1. The Kier molecular flexibility index (Phi) is 16.4. The van der Waals surface area contributed by atoms with Gasteiger partial charge in [-0.25, -0.2) is 0 Å². The lowest BCUT2D eigenvalue weighted by Crippen LogP contribution is -2.23. The topological polar surface area (TPSA) is 147 Å². The smallest absolute Gasteiger partial charge is 0.142 e. The number of rotatable bonds is 21. The lowest BCUT2D eigenvalue weighted by molar-refractivity contribution is 0.0736. The highest BCUT2D eigenvalue weighted by atomic mass is 16.6. The van der Waals surface area contributed by atoms with E-state index in [0.717, 1.165) is 139 Å². The maximum absolute atomic E-state index is 6.29. The minimum absolute atomic E-state index is 0.147. The van der Waals surface area contributed by atoms with Crippen LogP contribution in [-0.2, 0) is 69.2 Å². The number of aromatic nitrogens is 4. The predicted octanol–water partition coefficient (Wildman–Crippen LogP) is 8.26. The second-order valence-corrected chi connectivity index (χ2v) is 15.2. The summed E-state index contributed by atoms with van der Waals surface area (Å²) in [6.07, 6.45) is 13.3. The van der Waals surface area contributed by atoms with Gasteiger partial charge < -0.3 is 24.1 Å². The summed E-state index contributed by atoms with van der Waals surface area (Å²) in [4.78, 5) is 41.0. The standard InChI is InChI=1S/C47H58N8O5/c1-7-26-59-41(29-39-24-22-35-14-11-20-43(54-58-6)46(35)50-39)30-40-25-23-36-15-12-21-44(47(36)51-40)55-60-31-34-27-38(49-45(28-34)33(3)53-57-5)17-10-8-9-16-37-18-13-19-42(48-37)32(2)52-56-4/h7,13,18-19,22-25,27-28,41H,1,8-12,14-17,20-21,26,29-31H2,2-6H3. The third kappa shape index (κ3) is 12.4. The first-order chi connectivity index (χ1) is 29.4. The van der Waals surface area contributed by atoms with Crippen molar-refractivity contribution in [3.05, 3.63) is 129 Å². The maximum Gasteiger partial charge on any atom is 0.142 e. The van der Waals surface area contributed by atoms with Gasteiger partial charge in [0.05, 0.1) is 35.5 Å². The van der Waals surface area contributed by atoms with E-state index in [1.807, 2.05) is 32.0 Å². The van der Waals surface area contributed by atoms with Gasteiger partial charge in [0.2, 0.25) is 0 Å². The number of oxime groups is 4. The molecule has 0 bridgehead atoms. The molecule has 13 heteroatoms. The summed E-state index contributed by atoms with van der Waals surface area (Å²) in [6.45, 7) is 8.40. The van der Waals surface area contributed by atoms with E-state index in [-0.39, 0.29) is 12.7 Å². The van der Waals surface area contributed by atoms with Crippen LogP contribution in [0.3, 0.4) is 0 Å². The highest BCUT2D eigenvalue weighted by Gasteiger charge is 2.23. The van der Waals surface area contributed by atoms with Crippen molar-refractivity contribution in [1.29, 1.82) is 0 Å². The van der Waals surface area contributed by atoms with Crippen molar-refractivity contribution in [3.63, 3.8) is 0 Å². The number of hydrogen-bond acceptors (Lipinski definition) is 13. The number of fused-ring (bicyclic) bond motifs is 2. The average molecular weight is 815 g/mol. The number of nitrogens with zero attached hydrogens (tertiary/aromatic N) is 8. The van der Waals surface area contributed by atoms with Crippen molar-refractivity contribution in [2.75, 3.05) is 27.9 Å². The third-order valence-corrected chi connectivity index (χ3v) is 10.6.